The highest BCUT2D eigenvalue weighted by Crippen LogP contribution is 2.20. The predicted molar refractivity (Wildman–Crippen MR) is 75.5 cm³/mol. The molecule has 0 aliphatic carbocycles. The molecule has 0 saturated heterocycles. The summed E-state index contributed by atoms with van der Waals surface area (Å²) in [6.07, 6.45) is 2.10. The van der Waals surface area contributed by atoms with Crippen molar-refractivity contribution in [2.75, 3.05) is 6.54 Å². The average Bonchev–Trinajstić information content (AvgIpc) is 2.42. The summed E-state index contributed by atoms with van der Waals surface area (Å²) < 4.78 is 27.0. The first-order valence-electron chi connectivity index (χ1n) is 6.70. The Balaban J connectivity index is 2.27. The van der Waals surface area contributed by atoms with Crippen LogP contribution in [0.15, 0.2) is 36.5 Å². The maximum atomic E-state index is 13.8. The van der Waals surface area contributed by atoms with Gasteiger partial charge in [-0.15, -0.1) is 0 Å². The number of nitrogens with zero attached hydrogens (tertiary/aromatic N) is 1. The van der Waals surface area contributed by atoms with Gasteiger partial charge in [0.25, 0.3) is 0 Å². The number of hydrogen-bond acceptors (Lipinski definition) is 2. The SMILES string of the molecule is CCNC(Cc1cc(F)ccc1F)c1cc(C)ccn1. The van der Waals surface area contributed by atoms with Crippen LogP contribution >= 0.6 is 0 Å². The third kappa shape index (κ3) is 3.61. The molecule has 0 fully saturated rings. The van der Waals surface area contributed by atoms with E-state index in [1.54, 1.807) is 6.20 Å². The molecule has 0 bridgehead atoms. The van der Waals surface area contributed by atoms with Gasteiger partial charge >= 0.3 is 0 Å². The Morgan fingerprint density at radius 1 is 1.20 bits per heavy atom. The molecule has 0 aliphatic heterocycles. The summed E-state index contributed by atoms with van der Waals surface area (Å²) in [6.45, 7) is 4.69. The van der Waals surface area contributed by atoms with Crippen LogP contribution in [0.1, 0.15) is 29.8 Å². The Hall–Kier alpha value is -1.81. The zero-order valence-corrected chi connectivity index (χ0v) is 11.7. The molecule has 2 aromatic rings. The first kappa shape index (κ1) is 14.6. The molecule has 0 radical (unpaired) electrons. The van der Waals surface area contributed by atoms with Gasteiger partial charge in [-0.25, -0.2) is 8.78 Å². The molecule has 0 spiro atoms. The highest BCUT2D eigenvalue weighted by atomic mass is 19.1. The quantitative estimate of drug-likeness (QED) is 0.903. The van der Waals surface area contributed by atoms with Gasteiger partial charge in [0.05, 0.1) is 11.7 Å². The number of benzene rings is 1. The molecule has 0 saturated carbocycles. The van der Waals surface area contributed by atoms with Crippen molar-refractivity contribution in [1.82, 2.24) is 10.3 Å². The number of pyridine rings is 1. The van der Waals surface area contributed by atoms with E-state index in [0.29, 0.717) is 12.0 Å². The molecule has 0 amide bonds. The predicted octanol–water partition coefficient (Wildman–Crippen LogP) is 3.56. The first-order valence-corrected chi connectivity index (χ1v) is 6.70. The molecule has 4 heteroatoms. The van der Waals surface area contributed by atoms with Crippen molar-refractivity contribution in [2.24, 2.45) is 0 Å². The second-order valence-electron chi connectivity index (χ2n) is 4.81. The van der Waals surface area contributed by atoms with E-state index in [1.807, 2.05) is 26.0 Å². The molecule has 1 atom stereocenters. The van der Waals surface area contributed by atoms with Gasteiger partial charge in [-0.2, -0.15) is 0 Å². The van der Waals surface area contributed by atoms with Crippen LogP contribution in [0.25, 0.3) is 0 Å². The number of aryl methyl sites for hydroxylation is 1. The lowest BCUT2D eigenvalue weighted by Crippen LogP contribution is -2.24. The van der Waals surface area contributed by atoms with E-state index in [-0.39, 0.29) is 11.9 Å². The summed E-state index contributed by atoms with van der Waals surface area (Å²) in [6, 6.07) is 7.29. The zero-order valence-electron chi connectivity index (χ0n) is 11.7. The minimum absolute atomic E-state index is 0.129. The van der Waals surface area contributed by atoms with Gasteiger partial charge in [0, 0.05) is 6.20 Å². The molecule has 1 N–H and O–H groups in total. The van der Waals surface area contributed by atoms with E-state index < -0.39 is 5.82 Å². The van der Waals surface area contributed by atoms with Crippen molar-refractivity contribution in [3.8, 4) is 0 Å². The van der Waals surface area contributed by atoms with Crippen LogP contribution in [0.5, 0.6) is 0 Å². The smallest absolute Gasteiger partial charge is 0.126 e. The monoisotopic (exact) mass is 276 g/mol. The number of rotatable bonds is 5. The Morgan fingerprint density at radius 2 is 2.00 bits per heavy atom. The molecule has 2 nitrogen and oxygen atoms in total. The van der Waals surface area contributed by atoms with Crippen molar-refractivity contribution >= 4 is 0 Å². The Bertz CT molecular complexity index is 584. The minimum Gasteiger partial charge on any atom is -0.309 e. The molecule has 0 aliphatic rings. The van der Waals surface area contributed by atoms with Crippen molar-refractivity contribution in [3.63, 3.8) is 0 Å². The lowest BCUT2D eigenvalue weighted by atomic mass is 10.0. The van der Waals surface area contributed by atoms with Crippen molar-refractivity contribution in [1.29, 1.82) is 0 Å². The Labute approximate surface area is 117 Å². The zero-order chi connectivity index (χ0) is 14.5. The number of aromatic nitrogens is 1. The van der Waals surface area contributed by atoms with Crippen LogP contribution in [-0.2, 0) is 6.42 Å². The topological polar surface area (TPSA) is 24.9 Å². The fourth-order valence-electron chi connectivity index (χ4n) is 2.20. The van der Waals surface area contributed by atoms with Gasteiger partial charge in [-0.1, -0.05) is 6.92 Å². The van der Waals surface area contributed by atoms with E-state index >= 15 is 0 Å². The van der Waals surface area contributed by atoms with Crippen molar-refractivity contribution in [2.45, 2.75) is 26.3 Å². The van der Waals surface area contributed by atoms with E-state index in [9.17, 15) is 8.78 Å². The highest BCUT2D eigenvalue weighted by molar-refractivity contribution is 5.24. The number of nitrogens with one attached hydrogen (secondary N) is 1. The highest BCUT2D eigenvalue weighted by Gasteiger charge is 2.15. The summed E-state index contributed by atoms with van der Waals surface area (Å²) in [5, 5.41) is 3.27. The normalized spacial score (nSPS) is 12.4. The van der Waals surface area contributed by atoms with Crippen LogP contribution in [0.3, 0.4) is 0 Å². The van der Waals surface area contributed by atoms with E-state index in [0.717, 1.165) is 29.9 Å². The maximum Gasteiger partial charge on any atom is 0.126 e. The molecule has 20 heavy (non-hydrogen) atoms. The minimum atomic E-state index is -0.422. The van der Waals surface area contributed by atoms with Crippen LogP contribution in [0.4, 0.5) is 8.78 Å². The van der Waals surface area contributed by atoms with Crippen LogP contribution < -0.4 is 5.32 Å². The molecule has 1 heterocycles. The molecular formula is C16H18F2N2. The second-order valence-corrected chi connectivity index (χ2v) is 4.81. The lowest BCUT2D eigenvalue weighted by molar-refractivity contribution is 0.512. The molecule has 2 rings (SSSR count). The lowest BCUT2D eigenvalue weighted by Gasteiger charge is -2.18. The molecular weight excluding hydrogens is 258 g/mol. The Morgan fingerprint density at radius 3 is 2.70 bits per heavy atom. The third-order valence-electron chi connectivity index (χ3n) is 3.18. The standard InChI is InChI=1S/C16H18F2N2/c1-3-19-16(15-8-11(2)6-7-20-15)10-12-9-13(17)4-5-14(12)18/h4-9,16,19H,3,10H2,1-2H3. The van der Waals surface area contributed by atoms with E-state index in [2.05, 4.69) is 10.3 Å². The van der Waals surface area contributed by atoms with Crippen molar-refractivity contribution < 1.29 is 8.78 Å². The second kappa shape index (κ2) is 6.57. The summed E-state index contributed by atoms with van der Waals surface area (Å²) in [5.74, 6) is -0.809. The summed E-state index contributed by atoms with van der Waals surface area (Å²) >= 11 is 0. The van der Waals surface area contributed by atoms with Crippen LogP contribution in [0.2, 0.25) is 0 Å². The van der Waals surface area contributed by atoms with Crippen molar-refractivity contribution in [3.05, 3.63) is 65.0 Å². The van der Waals surface area contributed by atoms with Gasteiger partial charge in [0.15, 0.2) is 0 Å². The fraction of sp³-hybridized carbons (Fsp3) is 0.312. The first-order chi connectivity index (χ1) is 9.60. The maximum absolute atomic E-state index is 13.8. The molecule has 106 valence electrons. The van der Waals surface area contributed by atoms with Gasteiger partial charge < -0.3 is 5.32 Å². The van der Waals surface area contributed by atoms with Gasteiger partial charge in [-0.3, -0.25) is 4.98 Å². The van der Waals surface area contributed by atoms with Crippen LogP contribution in [-0.4, -0.2) is 11.5 Å². The van der Waals surface area contributed by atoms with Crippen LogP contribution in [0, 0.1) is 18.6 Å². The fourth-order valence-corrected chi connectivity index (χ4v) is 2.20. The largest absolute Gasteiger partial charge is 0.309 e. The number of hydrogen-bond donors (Lipinski definition) is 1. The summed E-state index contributed by atoms with van der Waals surface area (Å²) in [7, 11) is 0. The summed E-state index contributed by atoms with van der Waals surface area (Å²) in [5.41, 5.74) is 2.30. The third-order valence-corrected chi connectivity index (χ3v) is 3.18. The number of likely N-dealkylation sites (N-methyl/N-ethyl adjacent to an activating group) is 1. The average molecular weight is 276 g/mol. The molecule has 1 aromatic heterocycles. The number of halogens is 2. The van der Waals surface area contributed by atoms with E-state index in [1.165, 1.54) is 6.07 Å². The molecule has 1 aromatic carbocycles. The van der Waals surface area contributed by atoms with E-state index in [4.69, 9.17) is 0 Å². The van der Waals surface area contributed by atoms with Gasteiger partial charge in [0.2, 0.25) is 0 Å². The van der Waals surface area contributed by atoms with Gasteiger partial charge in [-0.05, 0) is 61.3 Å². The van der Waals surface area contributed by atoms with Gasteiger partial charge in [0.1, 0.15) is 11.6 Å². The summed E-state index contributed by atoms with van der Waals surface area (Å²) in [4.78, 5) is 4.33. The Kier molecular flexibility index (Phi) is 4.79. The molecule has 1 unspecified atom stereocenters.